The molecule has 0 saturated carbocycles. The van der Waals surface area contributed by atoms with Gasteiger partial charge in [0, 0.05) is 15.9 Å². The summed E-state index contributed by atoms with van der Waals surface area (Å²) in [7, 11) is 0. The highest BCUT2D eigenvalue weighted by Gasteiger charge is 2.10. The summed E-state index contributed by atoms with van der Waals surface area (Å²) >= 11 is 3.15. The van der Waals surface area contributed by atoms with Crippen molar-refractivity contribution in [2.45, 2.75) is 6.54 Å². The van der Waals surface area contributed by atoms with Gasteiger partial charge in [0.25, 0.3) is 5.91 Å². The summed E-state index contributed by atoms with van der Waals surface area (Å²) in [6.45, 7) is 0.468. The Morgan fingerprint density at radius 1 is 1.20 bits per heavy atom. The normalized spacial score (nSPS) is 10.3. The van der Waals surface area contributed by atoms with E-state index in [1.165, 1.54) is 11.3 Å². The fourth-order valence-corrected chi connectivity index (χ4v) is 3.87. The first-order valence-corrected chi connectivity index (χ1v) is 7.70. The minimum absolute atomic E-state index is 0.0530. The summed E-state index contributed by atoms with van der Waals surface area (Å²) in [5.41, 5.74) is 1.61. The van der Waals surface area contributed by atoms with Gasteiger partial charge in [-0.15, -0.1) is 22.7 Å². The molecule has 0 fully saturated rings. The second kappa shape index (κ2) is 5.45. The van der Waals surface area contributed by atoms with Crippen LogP contribution in [0.3, 0.4) is 0 Å². The van der Waals surface area contributed by atoms with Crippen LogP contribution in [0.4, 0.5) is 0 Å². The van der Waals surface area contributed by atoms with Gasteiger partial charge >= 0.3 is 0 Å². The Balaban J connectivity index is 1.66. The highest BCUT2D eigenvalue weighted by Crippen LogP contribution is 2.29. The molecule has 98 valence electrons. The number of carbonyl (C=O) groups excluding carboxylic acids is 1. The molecule has 1 amide bonds. The Bertz CT molecular complexity index is 765. The van der Waals surface area contributed by atoms with Crippen molar-refractivity contribution in [3.63, 3.8) is 0 Å². The molecule has 0 aliphatic carbocycles. The Morgan fingerprint density at radius 3 is 2.70 bits per heavy atom. The lowest BCUT2D eigenvalue weighted by Gasteiger charge is -2.03. The molecular formula is C15H10N2OS2. The van der Waals surface area contributed by atoms with Crippen LogP contribution in [0.1, 0.15) is 20.8 Å². The second-order valence-corrected chi connectivity index (χ2v) is 6.28. The Morgan fingerprint density at radius 2 is 2.00 bits per heavy atom. The summed E-state index contributed by atoms with van der Waals surface area (Å²) in [5, 5.41) is 13.7. The second-order valence-electron chi connectivity index (χ2n) is 4.25. The molecule has 3 aromatic rings. The number of carbonyl (C=O) groups is 1. The van der Waals surface area contributed by atoms with Crippen molar-refractivity contribution in [1.82, 2.24) is 5.32 Å². The number of fused-ring (bicyclic) bond motifs is 1. The van der Waals surface area contributed by atoms with E-state index in [-0.39, 0.29) is 5.91 Å². The molecule has 0 bridgehead atoms. The van der Waals surface area contributed by atoms with Crippen molar-refractivity contribution >= 4 is 38.0 Å². The highest BCUT2D eigenvalue weighted by atomic mass is 32.1. The molecule has 1 aromatic carbocycles. The smallest absolute Gasteiger partial charge is 0.261 e. The fourth-order valence-electron chi connectivity index (χ4n) is 1.84. The zero-order chi connectivity index (χ0) is 13.9. The monoisotopic (exact) mass is 298 g/mol. The van der Waals surface area contributed by atoms with Crippen LogP contribution in [0.25, 0.3) is 9.40 Å². The van der Waals surface area contributed by atoms with Crippen molar-refractivity contribution in [1.29, 1.82) is 5.26 Å². The molecule has 3 nitrogen and oxygen atoms in total. The maximum Gasteiger partial charge on any atom is 0.261 e. The van der Waals surface area contributed by atoms with Crippen molar-refractivity contribution in [3.8, 4) is 6.07 Å². The molecule has 0 spiro atoms. The van der Waals surface area contributed by atoms with Gasteiger partial charge < -0.3 is 5.32 Å². The van der Waals surface area contributed by atoms with Gasteiger partial charge in [-0.25, -0.2) is 0 Å². The molecule has 0 atom stereocenters. The summed E-state index contributed by atoms with van der Waals surface area (Å²) < 4.78 is 2.30. The Hall–Kier alpha value is -2.16. The van der Waals surface area contributed by atoms with E-state index in [0.29, 0.717) is 12.1 Å². The predicted octanol–water partition coefficient (Wildman–Crippen LogP) is 3.76. The van der Waals surface area contributed by atoms with Crippen molar-refractivity contribution < 1.29 is 4.79 Å². The number of nitriles is 1. The van der Waals surface area contributed by atoms with Crippen LogP contribution in [0.2, 0.25) is 0 Å². The molecule has 20 heavy (non-hydrogen) atoms. The van der Waals surface area contributed by atoms with E-state index in [2.05, 4.69) is 11.4 Å². The lowest BCUT2D eigenvalue weighted by atomic mass is 10.1. The SMILES string of the molecule is N#Cc1ccc(CNC(=O)c2cc3sccc3s2)cc1. The van der Waals surface area contributed by atoms with E-state index in [0.717, 1.165) is 19.8 Å². The van der Waals surface area contributed by atoms with Crippen LogP contribution in [-0.4, -0.2) is 5.91 Å². The Labute approximate surface area is 124 Å². The van der Waals surface area contributed by atoms with E-state index in [1.54, 1.807) is 23.5 Å². The van der Waals surface area contributed by atoms with Crippen LogP contribution < -0.4 is 5.32 Å². The minimum Gasteiger partial charge on any atom is -0.347 e. The van der Waals surface area contributed by atoms with Crippen LogP contribution in [0.5, 0.6) is 0 Å². The number of nitrogens with one attached hydrogen (secondary N) is 1. The van der Waals surface area contributed by atoms with Gasteiger partial charge in [-0.05, 0) is 35.2 Å². The number of benzene rings is 1. The predicted molar refractivity (Wildman–Crippen MR) is 82.0 cm³/mol. The van der Waals surface area contributed by atoms with Crippen molar-refractivity contribution in [2.75, 3.05) is 0 Å². The summed E-state index contributed by atoms with van der Waals surface area (Å²) in [6, 6.07) is 13.2. The standard InChI is InChI=1S/C15H10N2OS2/c16-8-10-1-3-11(4-2-10)9-17-15(18)14-7-13-12(20-14)5-6-19-13/h1-7H,9H2,(H,17,18). The first-order valence-electron chi connectivity index (χ1n) is 6.00. The van der Waals surface area contributed by atoms with Gasteiger partial charge in [0.05, 0.1) is 16.5 Å². The first kappa shape index (κ1) is 12.9. The molecule has 0 aliphatic heterocycles. The zero-order valence-corrected chi connectivity index (χ0v) is 12.1. The van der Waals surface area contributed by atoms with Crippen LogP contribution >= 0.6 is 22.7 Å². The van der Waals surface area contributed by atoms with E-state index in [1.807, 2.05) is 29.6 Å². The van der Waals surface area contributed by atoms with E-state index < -0.39 is 0 Å². The van der Waals surface area contributed by atoms with Crippen molar-refractivity contribution in [2.24, 2.45) is 0 Å². The molecule has 0 saturated heterocycles. The molecular weight excluding hydrogens is 288 g/mol. The van der Waals surface area contributed by atoms with Gasteiger partial charge in [0.1, 0.15) is 0 Å². The molecule has 3 rings (SSSR count). The van der Waals surface area contributed by atoms with Crippen LogP contribution in [0.15, 0.2) is 41.8 Å². The van der Waals surface area contributed by atoms with E-state index in [4.69, 9.17) is 5.26 Å². The molecule has 1 N–H and O–H groups in total. The topological polar surface area (TPSA) is 52.9 Å². The largest absolute Gasteiger partial charge is 0.347 e. The third kappa shape index (κ3) is 2.57. The Kier molecular flexibility index (Phi) is 3.50. The van der Waals surface area contributed by atoms with Gasteiger partial charge in [-0.2, -0.15) is 5.26 Å². The number of amides is 1. The van der Waals surface area contributed by atoms with Gasteiger partial charge in [-0.1, -0.05) is 12.1 Å². The van der Waals surface area contributed by atoms with Crippen molar-refractivity contribution in [3.05, 3.63) is 57.8 Å². The molecule has 2 heterocycles. The van der Waals surface area contributed by atoms with E-state index >= 15 is 0 Å². The summed E-state index contributed by atoms with van der Waals surface area (Å²) in [5.74, 6) is -0.0530. The first-order chi connectivity index (χ1) is 9.76. The van der Waals surface area contributed by atoms with Crippen LogP contribution in [0, 0.1) is 11.3 Å². The average molecular weight is 298 g/mol. The molecule has 0 radical (unpaired) electrons. The zero-order valence-electron chi connectivity index (χ0n) is 10.4. The number of rotatable bonds is 3. The van der Waals surface area contributed by atoms with Crippen LogP contribution in [-0.2, 0) is 6.54 Å². The minimum atomic E-state index is -0.0530. The molecule has 0 unspecified atom stereocenters. The summed E-state index contributed by atoms with van der Waals surface area (Å²) in [4.78, 5) is 12.8. The van der Waals surface area contributed by atoms with Gasteiger partial charge in [0.2, 0.25) is 0 Å². The third-order valence-electron chi connectivity index (χ3n) is 2.90. The number of thiophene rings is 2. The number of nitrogens with zero attached hydrogens (tertiary/aromatic N) is 1. The maximum atomic E-state index is 12.1. The lowest BCUT2D eigenvalue weighted by molar-refractivity contribution is 0.0955. The quantitative estimate of drug-likeness (QED) is 0.800. The lowest BCUT2D eigenvalue weighted by Crippen LogP contribution is -2.21. The molecule has 2 aromatic heterocycles. The maximum absolute atomic E-state index is 12.1. The molecule has 0 aliphatic rings. The van der Waals surface area contributed by atoms with E-state index in [9.17, 15) is 4.79 Å². The average Bonchev–Trinajstić information content (AvgIpc) is 3.06. The summed E-state index contributed by atoms with van der Waals surface area (Å²) in [6.07, 6.45) is 0. The fraction of sp³-hybridized carbons (Fsp3) is 0.0667. The highest BCUT2D eigenvalue weighted by molar-refractivity contribution is 7.27. The third-order valence-corrected chi connectivity index (χ3v) is 4.99. The molecule has 5 heteroatoms. The van der Waals surface area contributed by atoms with Gasteiger partial charge in [-0.3, -0.25) is 4.79 Å². The van der Waals surface area contributed by atoms with Gasteiger partial charge in [0.15, 0.2) is 0 Å². The number of hydrogen-bond acceptors (Lipinski definition) is 4. The number of hydrogen-bond donors (Lipinski definition) is 1.